The van der Waals surface area contributed by atoms with E-state index in [0.29, 0.717) is 0 Å². The first-order chi connectivity index (χ1) is 11.7. The summed E-state index contributed by atoms with van der Waals surface area (Å²) in [6.45, 7) is 1.26. The number of carbonyl (C=O) groups excluding carboxylic acids is 2. The number of hydrogen-bond acceptors (Lipinski definition) is 6. The quantitative estimate of drug-likeness (QED) is 0.485. The largest absolute Gasteiger partial charge is 0.465 e. The van der Waals surface area contributed by atoms with Crippen LogP contribution in [0.2, 0.25) is 5.02 Å². The highest BCUT2D eigenvalue weighted by Crippen LogP contribution is 2.23. The van der Waals surface area contributed by atoms with E-state index in [1.807, 2.05) is 0 Å². The van der Waals surface area contributed by atoms with Crippen molar-refractivity contribution in [2.24, 2.45) is 0 Å². The van der Waals surface area contributed by atoms with Gasteiger partial charge in [0.15, 0.2) is 5.78 Å². The van der Waals surface area contributed by atoms with E-state index >= 15 is 0 Å². The first-order valence-electron chi connectivity index (χ1n) is 6.77. The molecule has 2 aromatic rings. The minimum atomic E-state index is -4.39. The molecule has 0 radical (unpaired) electrons. The molecular formula is C16H11ClN2O5S. The van der Waals surface area contributed by atoms with Gasteiger partial charge >= 0.3 is 0 Å². The van der Waals surface area contributed by atoms with Crippen molar-refractivity contribution in [3.63, 3.8) is 0 Å². The molecule has 1 aromatic carbocycles. The normalized spacial score (nSPS) is 11.6. The Morgan fingerprint density at radius 2 is 2.04 bits per heavy atom. The zero-order valence-electron chi connectivity index (χ0n) is 12.8. The first kappa shape index (κ1) is 18.4. The molecule has 1 heterocycles. The average molecular weight is 379 g/mol. The molecule has 0 saturated heterocycles. The number of furan rings is 1. The Hall–Kier alpha value is -2.89. The number of ketones is 1. The molecule has 0 unspecified atom stereocenters. The fourth-order valence-electron chi connectivity index (χ4n) is 1.82. The highest BCUT2D eigenvalue weighted by atomic mass is 35.5. The maximum atomic E-state index is 12.4. The zero-order chi connectivity index (χ0) is 18.6. The third kappa shape index (κ3) is 4.35. The summed E-state index contributed by atoms with van der Waals surface area (Å²) in [5, 5.41) is 8.88. The number of sulfonamides is 1. The van der Waals surface area contributed by atoms with Crippen LogP contribution < -0.4 is 4.72 Å². The van der Waals surface area contributed by atoms with E-state index in [0.717, 1.165) is 12.1 Å². The number of nitrogens with zero attached hydrogens (tertiary/aromatic N) is 1. The number of Topliss-reactive ketones (excluding diaryl/α,β-unsaturated/α-hetero) is 1. The highest BCUT2D eigenvalue weighted by molar-refractivity contribution is 7.90. The molecular weight excluding hydrogens is 368 g/mol. The number of benzene rings is 1. The minimum absolute atomic E-state index is 0.115. The second-order valence-electron chi connectivity index (χ2n) is 4.82. The number of carbonyl (C=O) groups is 2. The maximum Gasteiger partial charge on any atom is 0.275 e. The van der Waals surface area contributed by atoms with E-state index in [9.17, 15) is 18.0 Å². The fourth-order valence-corrected chi connectivity index (χ4v) is 3.32. The Morgan fingerprint density at radius 1 is 1.32 bits per heavy atom. The van der Waals surface area contributed by atoms with Gasteiger partial charge in [-0.1, -0.05) is 11.6 Å². The molecule has 0 spiro atoms. The SMILES string of the molecule is CC(=O)c1ccc(Cl)c(S(=O)(=O)NC(=O)/C(C#N)=C/c2ccco2)c1. The van der Waals surface area contributed by atoms with Gasteiger partial charge in [0.1, 0.15) is 22.3 Å². The lowest BCUT2D eigenvalue weighted by atomic mass is 10.1. The van der Waals surface area contributed by atoms with E-state index in [-0.39, 0.29) is 22.1 Å². The van der Waals surface area contributed by atoms with Crippen LogP contribution in [0.25, 0.3) is 6.08 Å². The Labute approximate surface area is 148 Å². The standard InChI is InChI=1S/C16H11ClN2O5S/c1-10(20)11-4-5-14(17)15(8-11)25(22,23)19-16(21)12(9-18)7-13-3-2-6-24-13/h2-8H,1H3,(H,19,21)/b12-7+. The lowest BCUT2D eigenvalue weighted by molar-refractivity contribution is -0.115. The molecule has 0 aliphatic carbocycles. The first-order valence-corrected chi connectivity index (χ1v) is 8.63. The van der Waals surface area contributed by atoms with Crippen molar-refractivity contribution in [2.45, 2.75) is 11.8 Å². The number of halogens is 1. The summed E-state index contributed by atoms with van der Waals surface area (Å²) in [5.74, 6) is -1.31. The molecule has 1 amide bonds. The van der Waals surface area contributed by atoms with Crippen molar-refractivity contribution in [1.82, 2.24) is 4.72 Å². The second-order valence-corrected chi connectivity index (χ2v) is 6.88. The second kappa shape index (κ2) is 7.34. The summed E-state index contributed by atoms with van der Waals surface area (Å²) >= 11 is 5.86. The van der Waals surface area contributed by atoms with Gasteiger partial charge in [0.05, 0.1) is 11.3 Å². The molecule has 25 heavy (non-hydrogen) atoms. The lowest BCUT2D eigenvalue weighted by Gasteiger charge is -2.09. The van der Waals surface area contributed by atoms with E-state index < -0.39 is 26.4 Å². The third-order valence-corrected chi connectivity index (χ3v) is 4.86. The Morgan fingerprint density at radius 3 is 2.60 bits per heavy atom. The predicted molar refractivity (Wildman–Crippen MR) is 89.1 cm³/mol. The van der Waals surface area contributed by atoms with Crippen LogP contribution >= 0.6 is 11.6 Å². The molecule has 9 heteroatoms. The molecule has 0 aliphatic heterocycles. The molecule has 0 bridgehead atoms. The predicted octanol–water partition coefficient (Wildman–Crippen LogP) is 2.55. The van der Waals surface area contributed by atoms with Gasteiger partial charge in [-0.25, -0.2) is 13.1 Å². The summed E-state index contributed by atoms with van der Waals surface area (Å²) in [7, 11) is -4.39. The Kier molecular flexibility index (Phi) is 5.41. The minimum Gasteiger partial charge on any atom is -0.465 e. The van der Waals surface area contributed by atoms with Gasteiger partial charge < -0.3 is 4.42 Å². The van der Waals surface area contributed by atoms with Crippen LogP contribution in [-0.4, -0.2) is 20.1 Å². The Bertz CT molecular complexity index is 1000. The lowest BCUT2D eigenvalue weighted by Crippen LogP contribution is -2.31. The molecule has 0 saturated carbocycles. The van der Waals surface area contributed by atoms with Crippen LogP contribution in [0.4, 0.5) is 0 Å². The van der Waals surface area contributed by atoms with Crippen LogP contribution in [-0.2, 0) is 14.8 Å². The van der Waals surface area contributed by atoms with E-state index in [1.54, 1.807) is 16.9 Å². The van der Waals surface area contributed by atoms with E-state index in [4.69, 9.17) is 21.3 Å². The van der Waals surface area contributed by atoms with Gasteiger partial charge in [-0.3, -0.25) is 9.59 Å². The van der Waals surface area contributed by atoms with Crippen LogP contribution in [0.3, 0.4) is 0 Å². The fraction of sp³-hybridized carbons (Fsp3) is 0.0625. The van der Waals surface area contributed by atoms with E-state index in [2.05, 4.69) is 0 Å². The summed E-state index contributed by atoms with van der Waals surface area (Å²) in [6, 6.07) is 8.29. The molecule has 128 valence electrons. The topological polar surface area (TPSA) is 117 Å². The van der Waals surface area contributed by atoms with Crippen LogP contribution in [0.15, 0.2) is 51.5 Å². The van der Waals surface area contributed by atoms with Crippen LogP contribution in [0.5, 0.6) is 0 Å². The summed E-state index contributed by atoms with van der Waals surface area (Å²) in [4.78, 5) is 23.0. The van der Waals surface area contributed by atoms with Crippen molar-refractivity contribution < 1.29 is 22.4 Å². The van der Waals surface area contributed by atoms with Crippen LogP contribution in [0.1, 0.15) is 23.0 Å². The van der Waals surface area contributed by atoms with Gasteiger partial charge in [-0.05, 0) is 37.3 Å². The van der Waals surface area contributed by atoms with Crippen molar-refractivity contribution in [3.05, 3.63) is 58.5 Å². The third-order valence-electron chi connectivity index (χ3n) is 3.05. The van der Waals surface area contributed by atoms with Crippen molar-refractivity contribution in [1.29, 1.82) is 5.26 Å². The van der Waals surface area contributed by atoms with Crippen molar-refractivity contribution >= 4 is 39.4 Å². The molecule has 2 rings (SSSR count). The molecule has 1 aromatic heterocycles. The molecule has 7 nitrogen and oxygen atoms in total. The molecule has 0 fully saturated rings. The van der Waals surface area contributed by atoms with Gasteiger partial charge in [-0.2, -0.15) is 5.26 Å². The Balaban J connectivity index is 2.35. The monoisotopic (exact) mass is 378 g/mol. The van der Waals surface area contributed by atoms with Crippen molar-refractivity contribution in [3.8, 4) is 6.07 Å². The molecule has 0 aliphatic rings. The number of amides is 1. The van der Waals surface area contributed by atoms with Gasteiger partial charge in [0, 0.05) is 11.6 Å². The number of nitrogens with one attached hydrogen (secondary N) is 1. The smallest absolute Gasteiger partial charge is 0.275 e. The summed E-state index contributed by atoms with van der Waals surface area (Å²) in [5.41, 5.74) is -0.360. The molecule has 1 N–H and O–H groups in total. The zero-order valence-corrected chi connectivity index (χ0v) is 14.4. The highest BCUT2D eigenvalue weighted by Gasteiger charge is 2.24. The van der Waals surface area contributed by atoms with Gasteiger partial charge in [-0.15, -0.1) is 0 Å². The maximum absolute atomic E-state index is 12.4. The number of nitriles is 1. The number of rotatable bonds is 5. The number of hydrogen-bond donors (Lipinski definition) is 1. The van der Waals surface area contributed by atoms with Crippen LogP contribution in [0, 0.1) is 11.3 Å². The van der Waals surface area contributed by atoms with E-state index in [1.165, 1.54) is 31.4 Å². The summed E-state index contributed by atoms with van der Waals surface area (Å²) in [6.07, 6.45) is 2.43. The average Bonchev–Trinajstić information content (AvgIpc) is 3.05. The van der Waals surface area contributed by atoms with Gasteiger partial charge in [0.2, 0.25) is 0 Å². The van der Waals surface area contributed by atoms with Crippen molar-refractivity contribution in [2.75, 3.05) is 0 Å². The molecule has 0 atom stereocenters. The summed E-state index contributed by atoms with van der Waals surface area (Å²) < 4.78 is 31.5. The van der Waals surface area contributed by atoms with Gasteiger partial charge in [0.25, 0.3) is 15.9 Å².